The van der Waals surface area contributed by atoms with Crippen molar-refractivity contribution in [2.75, 3.05) is 26.3 Å². The lowest BCUT2D eigenvalue weighted by Crippen LogP contribution is -2.40. The number of ether oxygens (including phenoxy) is 1. The quantitative estimate of drug-likeness (QED) is 0.918. The number of nitrogens with one attached hydrogen (secondary N) is 1. The van der Waals surface area contributed by atoms with Crippen molar-refractivity contribution < 1.29 is 9.53 Å². The van der Waals surface area contributed by atoms with Gasteiger partial charge in [0, 0.05) is 30.7 Å². The molecule has 110 valence electrons. The van der Waals surface area contributed by atoms with Crippen LogP contribution in [0.3, 0.4) is 0 Å². The molecule has 1 N–H and O–H groups in total. The van der Waals surface area contributed by atoms with Crippen LogP contribution >= 0.6 is 0 Å². The molecule has 0 aromatic heterocycles. The van der Waals surface area contributed by atoms with Crippen LogP contribution in [-0.4, -0.2) is 42.6 Å². The summed E-state index contributed by atoms with van der Waals surface area (Å²) in [5.41, 5.74) is 1.69. The van der Waals surface area contributed by atoms with Crippen LogP contribution in [0.2, 0.25) is 0 Å². The maximum Gasteiger partial charge on any atom is 0.251 e. The van der Waals surface area contributed by atoms with Crippen LogP contribution in [0.15, 0.2) is 24.3 Å². The van der Waals surface area contributed by atoms with Gasteiger partial charge in [0.05, 0.1) is 13.2 Å². The minimum atomic E-state index is -0.211. The number of rotatable bonds is 3. The molecule has 0 spiro atoms. The van der Waals surface area contributed by atoms with Crippen molar-refractivity contribution in [1.29, 1.82) is 0 Å². The molecule has 1 heterocycles. The molecule has 2 rings (SSSR count). The molecule has 0 aliphatic carbocycles. The van der Waals surface area contributed by atoms with Gasteiger partial charge in [0.2, 0.25) is 0 Å². The van der Waals surface area contributed by atoms with Crippen molar-refractivity contribution >= 4 is 5.91 Å². The van der Waals surface area contributed by atoms with Crippen LogP contribution in [0.4, 0.5) is 0 Å². The number of hydrogen-bond acceptors (Lipinski definition) is 3. The number of nitrogens with zero attached hydrogens (tertiary/aromatic N) is 1. The SMILES string of the molecule is CC(C)(C)NC(=O)c1cccc(CN2CCOCC2)c1. The molecule has 0 unspecified atom stereocenters. The third-order valence-corrected chi connectivity index (χ3v) is 3.19. The summed E-state index contributed by atoms with van der Waals surface area (Å²) in [5, 5.41) is 2.99. The van der Waals surface area contributed by atoms with Gasteiger partial charge >= 0.3 is 0 Å². The smallest absolute Gasteiger partial charge is 0.251 e. The minimum Gasteiger partial charge on any atom is -0.379 e. The molecule has 20 heavy (non-hydrogen) atoms. The Morgan fingerprint density at radius 2 is 2.00 bits per heavy atom. The predicted octanol–water partition coefficient (Wildman–Crippen LogP) is 2.05. The Kier molecular flexibility index (Phi) is 4.78. The van der Waals surface area contributed by atoms with E-state index in [1.165, 1.54) is 5.56 Å². The second-order valence-corrected chi connectivity index (χ2v) is 6.29. The van der Waals surface area contributed by atoms with E-state index in [-0.39, 0.29) is 11.4 Å². The number of amides is 1. The zero-order valence-electron chi connectivity index (χ0n) is 12.6. The second kappa shape index (κ2) is 6.37. The zero-order chi connectivity index (χ0) is 14.6. The van der Waals surface area contributed by atoms with Gasteiger partial charge in [-0.3, -0.25) is 9.69 Å². The van der Waals surface area contributed by atoms with Gasteiger partial charge in [0.25, 0.3) is 5.91 Å². The minimum absolute atomic E-state index is 0.0127. The summed E-state index contributed by atoms with van der Waals surface area (Å²) in [6.07, 6.45) is 0. The fraction of sp³-hybridized carbons (Fsp3) is 0.562. The average Bonchev–Trinajstić information content (AvgIpc) is 2.38. The topological polar surface area (TPSA) is 41.6 Å². The van der Waals surface area contributed by atoms with Gasteiger partial charge in [0.15, 0.2) is 0 Å². The van der Waals surface area contributed by atoms with E-state index in [4.69, 9.17) is 4.74 Å². The highest BCUT2D eigenvalue weighted by Gasteiger charge is 2.16. The summed E-state index contributed by atoms with van der Waals surface area (Å²) in [6, 6.07) is 7.87. The van der Waals surface area contributed by atoms with E-state index in [2.05, 4.69) is 16.3 Å². The molecule has 1 amide bonds. The normalized spacial score (nSPS) is 16.9. The number of benzene rings is 1. The van der Waals surface area contributed by atoms with Crippen LogP contribution in [0.25, 0.3) is 0 Å². The first-order valence-electron chi connectivity index (χ1n) is 7.16. The van der Waals surface area contributed by atoms with E-state index in [9.17, 15) is 4.79 Å². The number of carbonyl (C=O) groups excluding carboxylic acids is 1. The fourth-order valence-electron chi connectivity index (χ4n) is 2.24. The number of morpholine rings is 1. The molecular weight excluding hydrogens is 252 g/mol. The first kappa shape index (κ1) is 15.0. The van der Waals surface area contributed by atoms with Gasteiger partial charge in [-0.25, -0.2) is 0 Å². The maximum absolute atomic E-state index is 12.2. The first-order valence-corrected chi connectivity index (χ1v) is 7.16. The highest BCUT2D eigenvalue weighted by Crippen LogP contribution is 2.11. The molecule has 0 radical (unpaired) electrons. The van der Waals surface area contributed by atoms with Gasteiger partial charge in [0.1, 0.15) is 0 Å². The Morgan fingerprint density at radius 1 is 1.30 bits per heavy atom. The summed E-state index contributed by atoms with van der Waals surface area (Å²) < 4.78 is 5.35. The molecule has 4 nitrogen and oxygen atoms in total. The van der Waals surface area contributed by atoms with Gasteiger partial charge in [-0.15, -0.1) is 0 Å². The van der Waals surface area contributed by atoms with Crippen molar-refractivity contribution in [1.82, 2.24) is 10.2 Å². The highest BCUT2D eigenvalue weighted by molar-refractivity contribution is 5.94. The predicted molar refractivity (Wildman–Crippen MR) is 79.8 cm³/mol. The van der Waals surface area contributed by atoms with E-state index in [1.807, 2.05) is 39.0 Å². The van der Waals surface area contributed by atoms with E-state index in [0.717, 1.165) is 38.4 Å². The highest BCUT2D eigenvalue weighted by atomic mass is 16.5. The van der Waals surface area contributed by atoms with Crippen molar-refractivity contribution in [3.63, 3.8) is 0 Å². The molecule has 0 atom stereocenters. The van der Waals surface area contributed by atoms with Crippen LogP contribution in [0.5, 0.6) is 0 Å². The van der Waals surface area contributed by atoms with Crippen molar-refractivity contribution in [2.45, 2.75) is 32.9 Å². The molecular formula is C16H24N2O2. The molecule has 0 bridgehead atoms. The van der Waals surface area contributed by atoms with Crippen LogP contribution in [0.1, 0.15) is 36.7 Å². The summed E-state index contributed by atoms with van der Waals surface area (Å²) in [7, 11) is 0. The van der Waals surface area contributed by atoms with Gasteiger partial charge < -0.3 is 10.1 Å². The van der Waals surface area contributed by atoms with Gasteiger partial charge in [-0.05, 0) is 38.5 Å². The summed E-state index contributed by atoms with van der Waals surface area (Å²) in [5.74, 6) is -0.0127. The third-order valence-electron chi connectivity index (χ3n) is 3.19. The standard InChI is InChI=1S/C16H24N2O2/c1-16(2,3)17-15(19)14-6-4-5-13(11-14)12-18-7-9-20-10-8-18/h4-6,11H,7-10,12H2,1-3H3,(H,17,19). The maximum atomic E-state index is 12.2. The van der Waals surface area contributed by atoms with Crippen LogP contribution in [-0.2, 0) is 11.3 Å². The van der Waals surface area contributed by atoms with E-state index in [0.29, 0.717) is 0 Å². The molecule has 1 fully saturated rings. The van der Waals surface area contributed by atoms with Crippen molar-refractivity contribution in [2.24, 2.45) is 0 Å². The molecule has 1 aliphatic rings. The molecule has 4 heteroatoms. The molecule has 1 saturated heterocycles. The Balaban J connectivity index is 2.01. The van der Waals surface area contributed by atoms with E-state index < -0.39 is 0 Å². The molecule has 0 saturated carbocycles. The monoisotopic (exact) mass is 276 g/mol. The average molecular weight is 276 g/mol. The number of hydrogen-bond donors (Lipinski definition) is 1. The third kappa shape index (κ3) is 4.62. The molecule has 1 aromatic rings. The first-order chi connectivity index (χ1) is 9.44. The largest absolute Gasteiger partial charge is 0.379 e. The summed E-state index contributed by atoms with van der Waals surface area (Å²) in [6.45, 7) is 10.3. The fourth-order valence-corrected chi connectivity index (χ4v) is 2.24. The Morgan fingerprint density at radius 3 is 2.65 bits per heavy atom. The zero-order valence-corrected chi connectivity index (χ0v) is 12.6. The number of carbonyl (C=O) groups is 1. The van der Waals surface area contributed by atoms with E-state index >= 15 is 0 Å². The Hall–Kier alpha value is -1.39. The summed E-state index contributed by atoms with van der Waals surface area (Å²) >= 11 is 0. The molecule has 1 aliphatic heterocycles. The Bertz CT molecular complexity index is 460. The van der Waals surface area contributed by atoms with Gasteiger partial charge in [-0.1, -0.05) is 12.1 Å². The Labute approximate surface area is 121 Å². The van der Waals surface area contributed by atoms with Gasteiger partial charge in [-0.2, -0.15) is 0 Å². The van der Waals surface area contributed by atoms with Crippen molar-refractivity contribution in [3.8, 4) is 0 Å². The lowest BCUT2D eigenvalue weighted by Gasteiger charge is -2.26. The van der Waals surface area contributed by atoms with Crippen molar-refractivity contribution in [3.05, 3.63) is 35.4 Å². The molecule has 1 aromatic carbocycles. The lowest BCUT2D eigenvalue weighted by atomic mass is 10.1. The lowest BCUT2D eigenvalue weighted by molar-refractivity contribution is 0.0342. The van der Waals surface area contributed by atoms with Crippen LogP contribution < -0.4 is 5.32 Å². The second-order valence-electron chi connectivity index (χ2n) is 6.29. The van der Waals surface area contributed by atoms with E-state index in [1.54, 1.807) is 0 Å². The van der Waals surface area contributed by atoms with Crippen LogP contribution in [0, 0.1) is 0 Å². The summed E-state index contributed by atoms with van der Waals surface area (Å²) in [4.78, 5) is 14.5.